The zero-order valence-electron chi connectivity index (χ0n) is 13.4. The molecule has 2 bridgehead atoms. The maximum Gasteiger partial charge on any atom is 0.327 e. The molecule has 0 aromatic heterocycles. The maximum absolute atomic E-state index is 10.4. The number of carboxylic acids is 1. The van der Waals surface area contributed by atoms with Crippen LogP contribution in [0.15, 0.2) is 24.3 Å². The van der Waals surface area contributed by atoms with Gasteiger partial charge in [-0.15, -0.1) is 0 Å². The van der Waals surface area contributed by atoms with Crippen LogP contribution in [0.1, 0.15) is 45.4 Å². The summed E-state index contributed by atoms with van der Waals surface area (Å²) in [5.41, 5.74) is 0. The summed E-state index contributed by atoms with van der Waals surface area (Å²) in [5, 5.41) is 8.53. The summed E-state index contributed by atoms with van der Waals surface area (Å²) >= 11 is 0. The van der Waals surface area contributed by atoms with E-state index in [0.717, 1.165) is 26.1 Å². The van der Waals surface area contributed by atoms with Crippen molar-refractivity contribution in [1.29, 1.82) is 0 Å². The fourth-order valence-electron chi connectivity index (χ4n) is 3.49. The third kappa shape index (κ3) is 4.96. The summed E-state index contributed by atoms with van der Waals surface area (Å²) in [7, 11) is 0. The van der Waals surface area contributed by atoms with E-state index < -0.39 is 5.97 Å². The van der Waals surface area contributed by atoms with Gasteiger partial charge in [0.2, 0.25) is 0 Å². The summed E-state index contributed by atoms with van der Waals surface area (Å²) in [4.78, 5) is 10.4. The van der Waals surface area contributed by atoms with Crippen LogP contribution in [-0.2, 0) is 14.3 Å². The molecule has 2 aliphatic rings. The van der Waals surface area contributed by atoms with Crippen LogP contribution in [0.4, 0.5) is 0 Å². The lowest BCUT2D eigenvalue weighted by Gasteiger charge is -2.27. The second kappa shape index (κ2) is 9.11. The minimum absolute atomic E-state index is 0.386. The average molecular weight is 308 g/mol. The number of carbonyl (C=O) groups is 1. The minimum Gasteiger partial charge on any atom is -0.478 e. The maximum atomic E-state index is 10.4. The predicted octanol–water partition coefficient (Wildman–Crippen LogP) is 3.57. The fraction of sp³-hybridized carbons (Fsp3) is 0.722. The van der Waals surface area contributed by atoms with E-state index >= 15 is 0 Å². The van der Waals surface area contributed by atoms with Crippen molar-refractivity contribution >= 4 is 5.97 Å². The van der Waals surface area contributed by atoms with Crippen molar-refractivity contribution < 1.29 is 19.4 Å². The number of allylic oxidation sites excluding steroid dienone is 3. The third-order valence-corrected chi connectivity index (χ3v) is 4.65. The molecule has 4 heteroatoms. The number of carboxylic acid groups (broad SMARTS) is 1. The molecule has 2 heterocycles. The Morgan fingerprint density at radius 2 is 2.00 bits per heavy atom. The van der Waals surface area contributed by atoms with Crippen LogP contribution in [0.5, 0.6) is 0 Å². The standard InChI is InChI=1S/C18H28O4/c1-2-3-12-21-13-15-14(16-10-11-17(15)22-16)8-6-4-5-7-9-18(19)20/h4,6-7,9,14-17H,2-3,5,8,10-13H2,1H3,(H,19,20)/t14-,15+,16-,17+/m0/s1. The Labute approximate surface area is 133 Å². The van der Waals surface area contributed by atoms with Gasteiger partial charge in [0, 0.05) is 18.6 Å². The van der Waals surface area contributed by atoms with Gasteiger partial charge in [-0.1, -0.05) is 31.6 Å². The zero-order chi connectivity index (χ0) is 15.8. The smallest absolute Gasteiger partial charge is 0.327 e. The molecular weight excluding hydrogens is 280 g/mol. The second-order valence-corrected chi connectivity index (χ2v) is 6.23. The molecular formula is C18H28O4. The van der Waals surface area contributed by atoms with Crippen molar-refractivity contribution in [2.75, 3.05) is 13.2 Å². The number of hydrogen-bond acceptors (Lipinski definition) is 3. The van der Waals surface area contributed by atoms with E-state index in [1.807, 2.05) is 6.08 Å². The largest absolute Gasteiger partial charge is 0.478 e. The zero-order valence-corrected chi connectivity index (χ0v) is 13.4. The Bertz CT molecular complexity index is 402. The minimum atomic E-state index is -0.890. The molecule has 0 amide bonds. The van der Waals surface area contributed by atoms with Crippen LogP contribution in [-0.4, -0.2) is 36.5 Å². The first-order valence-corrected chi connectivity index (χ1v) is 8.50. The highest BCUT2D eigenvalue weighted by Crippen LogP contribution is 2.45. The second-order valence-electron chi connectivity index (χ2n) is 6.23. The summed E-state index contributed by atoms with van der Waals surface area (Å²) in [5.74, 6) is 0.189. The fourth-order valence-corrected chi connectivity index (χ4v) is 3.49. The molecule has 0 saturated carbocycles. The van der Waals surface area contributed by atoms with Crippen LogP contribution in [0.2, 0.25) is 0 Å². The van der Waals surface area contributed by atoms with Gasteiger partial charge in [-0.3, -0.25) is 0 Å². The van der Waals surface area contributed by atoms with Gasteiger partial charge in [-0.25, -0.2) is 4.79 Å². The monoisotopic (exact) mass is 308 g/mol. The lowest BCUT2D eigenvalue weighted by Crippen LogP contribution is -2.30. The van der Waals surface area contributed by atoms with E-state index in [4.69, 9.17) is 14.6 Å². The summed E-state index contributed by atoms with van der Waals surface area (Å²) in [6.45, 7) is 3.85. The number of unbranched alkanes of at least 4 members (excludes halogenated alkanes) is 1. The van der Waals surface area contributed by atoms with Crippen molar-refractivity contribution in [3.8, 4) is 0 Å². The van der Waals surface area contributed by atoms with Gasteiger partial charge in [0.25, 0.3) is 0 Å². The lowest BCUT2D eigenvalue weighted by molar-refractivity contribution is -0.131. The average Bonchev–Trinajstić information content (AvgIpc) is 3.08. The van der Waals surface area contributed by atoms with Crippen LogP contribution in [0.3, 0.4) is 0 Å². The molecule has 124 valence electrons. The first-order chi connectivity index (χ1) is 10.7. The quantitative estimate of drug-likeness (QED) is 0.381. The number of aliphatic carboxylic acids is 1. The van der Waals surface area contributed by atoms with Gasteiger partial charge in [0.1, 0.15) is 0 Å². The van der Waals surface area contributed by atoms with Gasteiger partial charge in [0.15, 0.2) is 0 Å². The molecule has 2 saturated heterocycles. The van der Waals surface area contributed by atoms with Crippen molar-refractivity contribution in [1.82, 2.24) is 0 Å². The molecule has 0 unspecified atom stereocenters. The molecule has 2 aliphatic heterocycles. The predicted molar refractivity (Wildman–Crippen MR) is 85.8 cm³/mol. The van der Waals surface area contributed by atoms with E-state index in [1.165, 1.54) is 25.3 Å². The van der Waals surface area contributed by atoms with E-state index in [1.54, 1.807) is 6.08 Å². The molecule has 4 nitrogen and oxygen atoms in total. The molecule has 4 atom stereocenters. The molecule has 0 spiro atoms. The van der Waals surface area contributed by atoms with Gasteiger partial charge in [0.05, 0.1) is 18.8 Å². The highest BCUT2D eigenvalue weighted by atomic mass is 16.5. The first kappa shape index (κ1) is 17.2. The molecule has 0 aliphatic carbocycles. The van der Waals surface area contributed by atoms with E-state index in [2.05, 4.69) is 13.0 Å². The highest BCUT2D eigenvalue weighted by Gasteiger charge is 2.47. The molecule has 2 fully saturated rings. The van der Waals surface area contributed by atoms with Gasteiger partial charge >= 0.3 is 5.97 Å². The number of fused-ring (bicyclic) bond motifs is 2. The van der Waals surface area contributed by atoms with Crippen LogP contribution in [0.25, 0.3) is 0 Å². The third-order valence-electron chi connectivity index (χ3n) is 4.65. The van der Waals surface area contributed by atoms with Gasteiger partial charge < -0.3 is 14.6 Å². The SMILES string of the molecule is CCCCOC[C@@H]1[C@H](CC=CCC=CC(=O)O)[C@@H]2CC[C@H]1O2. The Hall–Kier alpha value is -1.13. The van der Waals surface area contributed by atoms with Crippen LogP contribution < -0.4 is 0 Å². The molecule has 22 heavy (non-hydrogen) atoms. The Morgan fingerprint density at radius 3 is 2.73 bits per heavy atom. The van der Waals surface area contributed by atoms with E-state index in [-0.39, 0.29) is 0 Å². The van der Waals surface area contributed by atoms with Crippen molar-refractivity contribution in [3.05, 3.63) is 24.3 Å². The van der Waals surface area contributed by atoms with Crippen molar-refractivity contribution in [2.24, 2.45) is 11.8 Å². The number of rotatable bonds is 10. The van der Waals surface area contributed by atoms with Crippen molar-refractivity contribution in [2.45, 2.75) is 57.7 Å². The summed E-state index contributed by atoms with van der Waals surface area (Å²) < 4.78 is 11.9. The highest BCUT2D eigenvalue weighted by molar-refractivity contribution is 5.79. The molecule has 0 aromatic rings. The van der Waals surface area contributed by atoms with E-state index in [0.29, 0.717) is 30.5 Å². The summed E-state index contributed by atoms with van der Waals surface area (Å²) in [6.07, 6.45) is 14.2. The Balaban J connectivity index is 1.75. The molecule has 0 radical (unpaired) electrons. The molecule has 0 aromatic carbocycles. The first-order valence-electron chi connectivity index (χ1n) is 8.50. The molecule has 1 N–H and O–H groups in total. The van der Waals surface area contributed by atoms with E-state index in [9.17, 15) is 4.79 Å². The van der Waals surface area contributed by atoms with Crippen LogP contribution >= 0.6 is 0 Å². The lowest BCUT2D eigenvalue weighted by atomic mass is 9.78. The van der Waals surface area contributed by atoms with Crippen molar-refractivity contribution in [3.63, 3.8) is 0 Å². The number of hydrogen-bond donors (Lipinski definition) is 1. The summed E-state index contributed by atoms with van der Waals surface area (Å²) in [6, 6.07) is 0. The topological polar surface area (TPSA) is 55.8 Å². The Morgan fingerprint density at radius 1 is 1.23 bits per heavy atom. The van der Waals surface area contributed by atoms with Crippen LogP contribution in [0, 0.1) is 11.8 Å². The number of ether oxygens (including phenoxy) is 2. The van der Waals surface area contributed by atoms with Gasteiger partial charge in [-0.05, 0) is 38.0 Å². The normalized spacial score (nSPS) is 30.8. The molecule has 2 rings (SSSR count). The Kier molecular flexibility index (Phi) is 7.13. The van der Waals surface area contributed by atoms with Gasteiger partial charge in [-0.2, -0.15) is 0 Å².